The number of benzene rings is 1. The summed E-state index contributed by atoms with van der Waals surface area (Å²) in [4.78, 5) is 13.4. The maximum Gasteiger partial charge on any atom is 0.116 e. The van der Waals surface area contributed by atoms with Crippen LogP contribution in [0.25, 0.3) is 10.9 Å². The lowest BCUT2D eigenvalue weighted by atomic mass is 10.2. The normalized spacial score (nSPS) is 10.7. The van der Waals surface area contributed by atoms with E-state index in [1.807, 2.05) is 30.3 Å². The van der Waals surface area contributed by atoms with Crippen LogP contribution in [0, 0.1) is 0 Å². The van der Waals surface area contributed by atoms with E-state index in [9.17, 15) is 0 Å². The molecule has 88 valence electrons. The van der Waals surface area contributed by atoms with Crippen LogP contribution < -0.4 is 5.73 Å². The van der Waals surface area contributed by atoms with Crippen molar-refractivity contribution in [3.8, 4) is 0 Å². The molecule has 0 saturated heterocycles. The highest BCUT2D eigenvalue weighted by atomic mass is 32.2. The number of aromatic nitrogens is 3. The van der Waals surface area contributed by atoms with E-state index in [-0.39, 0.29) is 0 Å². The number of hydrogen-bond acceptors (Lipinski definition) is 5. The predicted octanol–water partition coefficient (Wildman–Crippen LogP) is 2.76. The number of nitrogens with zero attached hydrogens (tertiary/aromatic N) is 3. The van der Waals surface area contributed by atoms with E-state index >= 15 is 0 Å². The first kappa shape index (κ1) is 11.0. The van der Waals surface area contributed by atoms with Crippen LogP contribution in [-0.2, 0) is 0 Å². The van der Waals surface area contributed by atoms with Gasteiger partial charge in [0.25, 0.3) is 0 Å². The lowest BCUT2D eigenvalue weighted by Crippen LogP contribution is -1.92. The zero-order valence-corrected chi connectivity index (χ0v) is 10.3. The molecule has 0 atom stereocenters. The molecular weight excluding hydrogens is 244 g/mol. The molecule has 0 aliphatic heterocycles. The summed E-state index contributed by atoms with van der Waals surface area (Å²) in [5.41, 5.74) is 7.61. The van der Waals surface area contributed by atoms with Crippen molar-refractivity contribution >= 4 is 28.4 Å². The van der Waals surface area contributed by atoms with Crippen LogP contribution in [0.3, 0.4) is 0 Å². The summed E-state index contributed by atoms with van der Waals surface area (Å²) in [6, 6.07) is 9.79. The molecule has 0 saturated carbocycles. The lowest BCUT2D eigenvalue weighted by Gasteiger charge is -2.08. The Kier molecular flexibility index (Phi) is 2.82. The third-order valence-electron chi connectivity index (χ3n) is 2.52. The average Bonchev–Trinajstić information content (AvgIpc) is 2.43. The summed E-state index contributed by atoms with van der Waals surface area (Å²) in [6.07, 6.45) is 4.93. The fourth-order valence-corrected chi connectivity index (χ4v) is 2.58. The predicted molar refractivity (Wildman–Crippen MR) is 72.3 cm³/mol. The summed E-state index contributed by atoms with van der Waals surface area (Å²) in [7, 11) is 0. The van der Waals surface area contributed by atoms with Gasteiger partial charge in [-0.2, -0.15) is 0 Å². The third-order valence-corrected chi connectivity index (χ3v) is 3.63. The van der Waals surface area contributed by atoms with Crippen LogP contribution in [0.5, 0.6) is 0 Å². The van der Waals surface area contributed by atoms with Crippen LogP contribution in [0.1, 0.15) is 0 Å². The molecular formula is C13H10N4S. The number of nitrogens with two attached hydrogens (primary N) is 1. The Bertz CT molecular complexity index is 685. The first-order valence-electron chi connectivity index (χ1n) is 5.41. The second-order valence-corrected chi connectivity index (χ2v) is 4.74. The minimum Gasteiger partial charge on any atom is -0.397 e. The number of anilines is 1. The summed E-state index contributed by atoms with van der Waals surface area (Å²) in [5.74, 6) is 0. The van der Waals surface area contributed by atoms with Gasteiger partial charge in [0.15, 0.2) is 0 Å². The Morgan fingerprint density at radius 2 is 1.94 bits per heavy atom. The molecule has 2 N–H and O–H groups in total. The van der Waals surface area contributed by atoms with Crippen molar-refractivity contribution in [2.24, 2.45) is 0 Å². The highest BCUT2D eigenvalue weighted by Gasteiger charge is 2.08. The monoisotopic (exact) mass is 254 g/mol. The van der Waals surface area contributed by atoms with Gasteiger partial charge in [0.1, 0.15) is 11.4 Å². The van der Waals surface area contributed by atoms with E-state index < -0.39 is 0 Å². The van der Waals surface area contributed by atoms with E-state index in [0.717, 1.165) is 20.8 Å². The number of pyridine rings is 1. The molecule has 0 aliphatic rings. The molecule has 3 aromatic rings. The molecule has 2 heterocycles. The summed E-state index contributed by atoms with van der Waals surface area (Å²) in [5, 5.41) is 1.91. The number of nitrogen functional groups attached to an aromatic ring is 1. The Morgan fingerprint density at radius 3 is 2.78 bits per heavy atom. The SMILES string of the molecule is Nc1cnc2ccccc2c1Sc1ccncn1. The number of hydrogen-bond donors (Lipinski definition) is 1. The zero-order valence-electron chi connectivity index (χ0n) is 9.45. The van der Waals surface area contributed by atoms with Crippen LogP contribution in [0.15, 0.2) is 59.0 Å². The van der Waals surface area contributed by atoms with Gasteiger partial charge in [-0.25, -0.2) is 9.97 Å². The minimum absolute atomic E-state index is 0.664. The van der Waals surface area contributed by atoms with Gasteiger partial charge in [-0.05, 0) is 12.1 Å². The van der Waals surface area contributed by atoms with Gasteiger partial charge < -0.3 is 5.73 Å². The standard InChI is InChI=1S/C13H10N4S/c14-10-7-16-11-4-2-1-3-9(11)13(10)18-12-5-6-15-8-17-12/h1-8H,14H2. The van der Waals surface area contributed by atoms with Crippen molar-refractivity contribution in [2.75, 3.05) is 5.73 Å². The number of para-hydroxylation sites is 1. The molecule has 0 fully saturated rings. The van der Waals surface area contributed by atoms with Gasteiger partial charge in [0, 0.05) is 16.5 Å². The highest BCUT2D eigenvalue weighted by Crippen LogP contribution is 2.35. The van der Waals surface area contributed by atoms with Crippen molar-refractivity contribution in [3.05, 3.63) is 49.1 Å². The molecule has 3 rings (SSSR count). The summed E-state index contributed by atoms with van der Waals surface area (Å²) >= 11 is 1.53. The molecule has 0 bridgehead atoms. The van der Waals surface area contributed by atoms with Gasteiger partial charge in [0.05, 0.1) is 17.4 Å². The van der Waals surface area contributed by atoms with Gasteiger partial charge in [0.2, 0.25) is 0 Å². The first-order chi connectivity index (χ1) is 8.84. The Hall–Kier alpha value is -2.14. The molecule has 5 heteroatoms. The zero-order chi connectivity index (χ0) is 12.4. The van der Waals surface area contributed by atoms with Crippen molar-refractivity contribution in [1.29, 1.82) is 0 Å². The van der Waals surface area contributed by atoms with E-state index in [0.29, 0.717) is 5.69 Å². The quantitative estimate of drug-likeness (QED) is 0.712. The average molecular weight is 254 g/mol. The van der Waals surface area contributed by atoms with E-state index in [1.165, 1.54) is 18.1 Å². The topological polar surface area (TPSA) is 64.7 Å². The summed E-state index contributed by atoms with van der Waals surface area (Å²) in [6.45, 7) is 0. The maximum absolute atomic E-state index is 6.01. The molecule has 0 spiro atoms. The van der Waals surface area contributed by atoms with E-state index in [2.05, 4.69) is 15.0 Å². The fourth-order valence-electron chi connectivity index (χ4n) is 1.69. The second-order valence-electron chi connectivity index (χ2n) is 3.71. The Morgan fingerprint density at radius 1 is 1.06 bits per heavy atom. The fraction of sp³-hybridized carbons (Fsp3) is 0. The summed E-state index contributed by atoms with van der Waals surface area (Å²) < 4.78 is 0. The van der Waals surface area contributed by atoms with Crippen molar-refractivity contribution in [3.63, 3.8) is 0 Å². The molecule has 0 aliphatic carbocycles. The smallest absolute Gasteiger partial charge is 0.116 e. The molecule has 18 heavy (non-hydrogen) atoms. The van der Waals surface area contributed by atoms with E-state index in [4.69, 9.17) is 5.73 Å². The van der Waals surface area contributed by atoms with Crippen molar-refractivity contribution < 1.29 is 0 Å². The number of rotatable bonds is 2. The molecule has 0 unspecified atom stereocenters. The van der Waals surface area contributed by atoms with Crippen LogP contribution >= 0.6 is 11.8 Å². The van der Waals surface area contributed by atoms with Crippen LogP contribution in [-0.4, -0.2) is 15.0 Å². The number of fused-ring (bicyclic) bond motifs is 1. The van der Waals surface area contributed by atoms with Crippen LogP contribution in [0.2, 0.25) is 0 Å². The molecule has 4 nitrogen and oxygen atoms in total. The Balaban J connectivity index is 2.13. The highest BCUT2D eigenvalue weighted by molar-refractivity contribution is 7.99. The van der Waals surface area contributed by atoms with Gasteiger partial charge >= 0.3 is 0 Å². The van der Waals surface area contributed by atoms with E-state index in [1.54, 1.807) is 12.4 Å². The minimum atomic E-state index is 0.664. The van der Waals surface area contributed by atoms with Crippen LogP contribution in [0.4, 0.5) is 5.69 Å². The maximum atomic E-state index is 6.01. The van der Waals surface area contributed by atoms with Gasteiger partial charge in [-0.3, -0.25) is 4.98 Å². The van der Waals surface area contributed by atoms with Crippen molar-refractivity contribution in [1.82, 2.24) is 15.0 Å². The van der Waals surface area contributed by atoms with Crippen molar-refractivity contribution in [2.45, 2.75) is 9.92 Å². The van der Waals surface area contributed by atoms with Gasteiger partial charge in [-0.1, -0.05) is 30.0 Å². The molecule has 0 radical (unpaired) electrons. The molecule has 1 aromatic carbocycles. The molecule has 2 aromatic heterocycles. The largest absolute Gasteiger partial charge is 0.397 e. The third kappa shape index (κ3) is 2.00. The second kappa shape index (κ2) is 4.62. The van der Waals surface area contributed by atoms with Gasteiger partial charge in [-0.15, -0.1) is 0 Å². The lowest BCUT2D eigenvalue weighted by molar-refractivity contribution is 1.05. The first-order valence-corrected chi connectivity index (χ1v) is 6.23. The molecule has 0 amide bonds. The Labute approximate surface area is 108 Å².